The van der Waals surface area contributed by atoms with Gasteiger partial charge < -0.3 is 15.1 Å². The molecule has 1 fully saturated rings. The van der Waals surface area contributed by atoms with Crippen LogP contribution in [0.25, 0.3) is 6.08 Å². The SMILES string of the molecule is C=Cc1ccc(=O)n(Cc2ccc(F)cc2)c1N=C(Nc1ccc(N2CCN(C)CC2)cc1)C(C)CC. The van der Waals surface area contributed by atoms with E-state index in [1.54, 1.807) is 28.8 Å². The minimum absolute atomic E-state index is 0.129. The van der Waals surface area contributed by atoms with Gasteiger partial charge in [0.25, 0.3) is 5.56 Å². The van der Waals surface area contributed by atoms with Crippen molar-refractivity contribution in [3.05, 3.63) is 94.5 Å². The zero-order valence-corrected chi connectivity index (χ0v) is 22.0. The fourth-order valence-corrected chi connectivity index (χ4v) is 4.33. The van der Waals surface area contributed by atoms with Crippen molar-refractivity contribution < 1.29 is 4.39 Å². The number of hydrogen-bond donors (Lipinski definition) is 1. The van der Waals surface area contributed by atoms with E-state index < -0.39 is 0 Å². The molecule has 0 aliphatic carbocycles. The van der Waals surface area contributed by atoms with Gasteiger partial charge in [0.1, 0.15) is 17.5 Å². The minimum atomic E-state index is -0.309. The molecule has 1 N–H and O–H groups in total. The van der Waals surface area contributed by atoms with E-state index in [2.05, 4.69) is 66.9 Å². The summed E-state index contributed by atoms with van der Waals surface area (Å²) >= 11 is 0. The molecular weight excluding hydrogens is 465 g/mol. The van der Waals surface area contributed by atoms with Crippen LogP contribution in [0, 0.1) is 11.7 Å². The summed E-state index contributed by atoms with van der Waals surface area (Å²) in [5.41, 5.74) is 3.56. The van der Waals surface area contributed by atoms with Crippen molar-refractivity contribution >= 4 is 29.1 Å². The summed E-state index contributed by atoms with van der Waals surface area (Å²) < 4.78 is 15.1. The topological polar surface area (TPSA) is 52.9 Å². The monoisotopic (exact) mass is 501 g/mol. The van der Waals surface area contributed by atoms with Crippen LogP contribution in [0.2, 0.25) is 0 Å². The minimum Gasteiger partial charge on any atom is -0.369 e. The van der Waals surface area contributed by atoms with E-state index in [1.165, 1.54) is 23.9 Å². The van der Waals surface area contributed by atoms with Crippen LogP contribution in [0.3, 0.4) is 0 Å². The maximum atomic E-state index is 13.4. The molecule has 7 heteroatoms. The van der Waals surface area contributed by atoms with Crippen molar-refractivity contribution in [1.82, 2.24) is 9.47 Å². The fourth-order valence-electron chi connectivity index (χ4n) is 4.33. The van der Waals surface area contributed by atoms with Gasteiger partial charge in [0.2, 0.25) is 0 Å². The van der Waals surface area contributed by atoms with Crippen LogP contribution in [-0.2, 0) is 6.54 Å². The summed E-state index contributed by atoms with van der Waals surface area (Å²) in [4.78, 5) is 22.7. The lowest BCUT2D eigenvalue weighted by Gasteiger charge is -2.34. The van der Waals surface area contributed by atoms with E-state index >= 15 is 0 Å². The Morgan fingerprint density at radius 3 is 2.35 bits per heavy atom. The van der Waals surface area contributed by atoms with Crippen LogP contribution in [0.5, 0.6) is 0 Å². The number of nitrogens with zero attached hydrogens (tertiary/aromatic N) is 4. The second kappa shape index (κ2) is 12.0. The van der Waals surface area contributed by atoms with Crippen LogP contribution >= 0.6 is 0 Å². The number of benzene rings is 2. The largest absolute Gasteiger partial charge is 0.369 e. The molecule has 0 saturated carbocycles. The van der Waals surface area contributed by atoms with Crippen LogP contribution in [0.1, 0.15) is 31.4 Å². The first-order valence-corrected chi connectivity index (χ1v) is 12.9. The third-order valence-electron chi connectivity index (χ3n) is 6.97. The average Bonchev–Trinajstić information content (AvgIpc) is 2.92. The number of amidine groups is 1. The molecule has 194 valence electrons. The van der Waals surface area contributed by atoms with Gasteiger partial charge in [-0.1, -0.05) is 38.6 Å². The Morgan fingerprint density at radius 2 is 1.73 bits per heavy atom. The Kier molecular flexibility index (Phi) is 8.56. The maximum Gasteiger partial charge on any atom is 0.252 e. The van der Waals surface area contributed by atoms with Gasteiger partial charge >= 0.3 is 0 Å². The molecule has 2 heterocycles. The summed E-state index contributed by atoms with van der Waals surface area (Å²) in [5.74, 6) is 1.13. The van der Waals surface area contributed by atoms with E-state index in [4.69, 9.17) is 4.99 Å². The van der Waals surface area contributed by atoms with Crippen LogP contribution < -0.4 is 15.8 Å². The molecule has 1 aromatic heterocycles. The molecule has 0 amide bonds. The first kappa shape index (κ1) is 26.4. The highest BCUT2D eigenvalue weighted by Gasteiger charge is 2.16. The summed E-state index contributed by atoms with van der Waals surface area (Å²) in [7, 11) is 2.16. The number of halogens is 1. The first-order chi connectivity index (χ1) is 17.9. The number of pyridine rings is 1. The Hall–Kier alpha value is -3.71. The predicted molar refractivity (Wildman–Crippen MR) is 153 cm³/mol. The van der Waals surface area contributed by atoms with Gasteiger partial charge in [-0.3, -0.25) is 9.36 Å². The average molecular weight is 502 g/mol. The van der Waals surface area contributed by atoms with Crippen molar-refractivity contribution in [2.75, 3.05) is 43.4 Å². The molecule has 1 aliphatic heterocycles. The molecule has 2 aromatic carbocycles. The van der Waals surface area contributed by atoms with Gasteiger partial charge in [0.05, 0.1) is 6.54 Å². The van der Waals surface area contributed by atoms with Crippen LogP contribution in [0.4, 0.5) is 21.6 Å². The Balaban J connectivity index is 1.66. The molecule has 1 aliphatic rings. The number of anilines is 2. The van der Waals surface area contributed by atoms with E-state index in [1.807, 2.05) is 0 Å². The third kappa shape index (κ3) is 6.54. The highest BCUT2D eigenvalue weighted by molar-refractivity contribution is 5.98. The molecule has 0 bridgehead atoms. The highest BCUT2D eigenvalue weighted by Crippen LogP contribution is 2.24. The quantitative estimate of drug-likeness (QED) is 0.322. The first-order valence-electron chi connectivity index (χ1n) is 12.9. The Labute approximate surface area is 218 Å². The maximum absolute atomic E-state index is 13.4. The van der Waals surface area contributed by atoms with Crippen molar-refractivity contribution in [3.8, 4) is 0 Å². The normalized spacial score (nSPS) is 15.5. The number of aromatic nitrogens is 1. The van der Waals surface area contributed by atoms with Crippen molar-refractivity contribution in [2.24, 2.45) is 10.9 Å². The summed E-state index contributed by atoms with van der Waals surface area (Å²) in [6, 6.07) is 17.9. The van der Waals surface area contributed by atoms with Gasteiger partial charge in [0.15, 0.2) is 0 Å². The van der Waals surface area contributed by atoms with E-state index in [0.29, 0.717) is 5.82 Å². The summed E-state index contributed by atoms with van der Waals surface area (Å²) in [6.07, 6.45) is 2.59. The molecular formula is C30H36FN5O. The molecule has 6 nitrogen and oxygen atoms in total. The lowest BCUT2D eigenvalue weighted by Crippen LogP contribution is -2.44. The summed E-state index contributed by atoms with van der Waals surface area (Å²) in [6.45, 7) is 12.6. The molecule has 1 saturated heterocycles. The van der Waals surface area contributed by atoms with Crippen molar-refractivity contribution in [1.29, 1.82) is 0 Å². The highest BCUT2D eigenvalue weighted by atomic mass is 19.1. The molecule has 37 heavy (non-hydrogen) atoms. The molecule has 4 rings (SSSR count). The standard InChI is InChI=1S/C30H36FN5O/c1-5-22(3)29(32-26-12-14-27(15-13-26)35-19-17-34(4)18-20-35)33-30-24(6-2)9-16-28(37)36(30)21-23-7-10-25(31)11-8-23/h6-16,22H,2,5,17-21H2,1,3-4H3,(H,32,33). The Bertz CT molecular complexity index is 1290. The number of piperazine rings is 1. The van der Waals surface area contributed by atoms with Crippen molar-refractivity contribution in [2.45, 2.75) is 26.8 Å². The van der Waals surface area contributed by atoms with Gasteiger partial charge in [-0.25, -0.2) is 9.38 Å². The van der Waals surface area contributed by atoms with Gasteiger partial charge in [-0.15, -0.1) is 0 Å². The van der Waals surface area contributed by atoms with Gasteiger partial charge in [-0.05, 0) is 61.5 Å². The number of rotatable bonds is 8. The lowest BCUT2D eigenvalue weighted by molar-refractivity contribution is 0.313. The van der Waals surface area contributed by atoms with E-state index in [0.717, 1.165) is 55.2 Å². The number of hydrogen-bond acceptors (Lipinski definition) is 4. The lowest BCUT2D eigenvalue weighted by atomic mass is 10.1. The predicted octanol–water partition coefficient (Wildman–Crippen LogP) is 5.62. The zero-order valence-electron chi connectivity index (χ0n) is 22.0. The Morgan fingerprint density at radius 1 is 1.05 bits per heavy atom. The van der Waals surface area contributed by atoms with E-state index in [9.17, 15) is 9.18 Å². The molecule has 0 radical (unpaired) electrons. The second-order valence-corrected chi connectivity index (χ2v) is 9.64. The zero-order chi connectivity index (χ0) is 26.4. The summed E-state index contributed by atoms with van der Waals surface area (Å²) in [5, 5.41) is 3.51. The molecule has 1 atom stereocenters. The fraction of sp³-hybridized carbons (Fsp3) is 0.333. The smallest absolute Gasteiger partial charge is 0.252 e. The molecule has 0 spiro atoms. The van der Waals surface area contributed by atoms with Gasteiger partial charge in [0, 0.05) is 55.1 Å². The van der Waals surface area contributed by atoms with Gasteiger partial charge in [-0.2, -0.15) is 0 Å². The van der Waals surface area contributed by atoms with Crippen LogP contribution in [-0.4, -0.2) is 48.5 Å². The molecule has 1 unspecified atom stereocenters. The number of likely N-dealkylation sites (N-methyl/N-ethyl adjacent to an activating group) is 1. The molecule has 3 aromatic rings. The number of aliphatic imine (C=N–C) groups is 1. The third-order valence-corrected chi connectivity index (χ3v) is 6.97. The van der Waals surface area contributed by atoms with Crippen molar-refractivity contribution in [3.63, 3.8) is 0 Å². The number of nitrogens with one attached hydrogen (secondary N) is 1. The van der Waals surface area contributed by atoms with E-state index in [-0.39, 0.29) is 23.8 Å². The van der Waals surface area contributed by atoms with Crippen LogP contribution in [0.15, 0.2) is 77.0 Å². The second-order valence-electron chi connectivity index (χ2n) is 9.64.